The molecule has 174 valence electrons. The average Bonchev–Trinajstić information content (AvgIpc) is 3.23. The van der Waals surface area contributed by atoms with Gasteiger partial charge in [0.05, 0.1) is 16.3 Å². The van der Waals surface area contributed by atoms with E-state index in [1.807, 2.05) is 27.7 Å². The first-order valence-corrected chi connectivity index (χ1v) is 12.6. The van der Waals surface area contributed by atoms with Crippen molar-refractivity contribution in [3.8, 4) is 0 Å². The van der Waals surface area contributed by atoms with Crippen molar-refractivity contribution in [2.75, 3.05) is 24.5 Å². The first-order chi connectivity index (χ1) is 15.7. The van der Waals surface area contributed by atoms with Crippen LogP contribution in [-0.2, 0) is 16.4 Å². The Morgan fingerprint density at radius 1 is 1.09 bits per heavy atom. The molecule has 0 radical (unpaired) electrons. The number of aromatic nitrogens is 2. The minimum atomic E-state index is -3.58. The van der Waals surface area contributed by atoms with E-state index in [2.05, 4.69) is 5.10 Å². The zero-order valence-corrected chi connectivity index (χ0v) is 20.1. The van der Waals surface area contributed by atoms with E-state index in [4.69, 9.17) is 0 Å². The maximum Gasteiger partial charge on any atom is 0.279 e. The molecule has 8 nitrogen and oxygen atoms in total. The van der Waals surface area contributed by atoms with Gasteiger partial charge in [-0.15, -0.1) is 0 Å². The number of carbonyl (C=O) groups excluding carboxylic acids is 1. The molecule has 0 bridgehead atoms. The number of sulfonamides is 1. The van der Waals surface area contributed by atoms with Crippen molar-refractivity contribution in [3.63, 3.8) is 0 Å². The molecule has 0 saturated heterocycles. The molecule has 0 aliphatic carbocycles. The lowest BCUT2D eigenvalue weighted by Gasteiger charge is -2.21. The van der Waals surface area contributed by atoms with Crippen molar-refractivity contribution in [3.05, 3.63) is 64.1 Å². The molecular formula is C24H28N4O4S. The van der Waals surface area contributed by atoms with Crippen LogP contribution in [0.15, 0.2) is 52.2 Å². The summed E-state index contributed by atoms with van der Waals surface area (Å²) in [6.45, 7) is 8.52. The monoisotopic (exact) mass is 468 g/mol. The third-order valence-electron chi connectivity index (χ3n) is 6.05. The fourth-order valence-corrected chi connectivity index (χ4v) is 5.81. The number of hydrogen-bond acceptors (Lipinski definition) is 5. The summed E-state index contributed by atoms with van der Waals surface area (Å²) in [4.78, 5) is 28.3. The van der Waals surface area contributed by atoms with Gasteiger partial charge in [-0.05, 0) is 50.1 Å². The molecule has 1 aromatic heterocycles. The fourth-order valence-electron chi connectivity index (χ4n) is 4.30. The van der Waals surface area contributed by atoms with Crippen molar-refractivity contribution < 1.29 is 13.2 Å². The fraction of sp³-hybridized carbons (Fsp3) is 0.375. The van der Waals surface area contributed by atoms with E-state index in [1.165, 1.54) is 8.99 Å². The highest BCUT2D eigenvalue weighted by molar-refractivity contribution is 7.89. The molecule has 2 heterocycles. The quantitative estimate of drug-likeness (QED) is 0.554. The molecule has 0 N–H and O–H groups in total. The maximum absolute atomic E-state index is 13.6. The van der Waals surface area contributed by atoms with Crippen molar-refractivity contribution >= 4 is 32.4 Å². The Bertz CT molecular complexity index is 1390. The highest BCUT2D eigenvalue weighted by Gasteiger charge is 2.31. The van der Waals surface area contributed by atoms with Crippen LogP contribution in [0.4, 0.5) is 5.69 Å². The predicted molar refractivity (Wildman–Crippen MR) is 128 cm³/mol. The Kier molecular flexibility index (Phi) is 6.11. The van der Waals surface area contributed by atoms with Gasteiger partial charge in [-0.3, -0.25) is 9.59 Å². The molecule has 0 atom stereocenters. The van der Waals surface area contributed by atoms with Crippen LogP contribution < -0.4 is 10.5 Å². The number of nitrogens with zero attached hydrogens (tertiary/aromatic N) is 4. The second-order valence-corrected chi connectivity index (χ2v) is 10.3. The van der Waals surface area contributed by atoms with Gasteiger partial charge in [0, 0.05) is 30.7 Å². The molecule has 4 rings (SSSR count). The molecule has 0 spiro atoms. The lowest BCUT2D eigenvalue weighted by Crippen LogP contribution is -2.34. The van der Waals surface area contributed by atoms with Gasteiger partial charge < -0.3 is 4.90 Å². The van der Waals surface area contributed by atoms with Crippen LogP contribution in [0.3, 0.4) is 0 Å². The summed E-state index contributed by atoms with van der Waals surface area (Å²) in [7, 11) is -3.58. The van der Waals surface area contributed by atoms with E-state index < -0.39 is 10.0 Å². The molecule has 2 aromatic carbocycles. The molecule has 1 aliphatic rings. The smallest absolute Gasteiger partial charge is 0.279 e. The molecule has 9 heteroatoms. The van der Waals surface area contributed by atoms with Crippen LogP contribution in [0, 0.1) is 0 Å². The van der Waals surface area contributed by atoms with E-state index in [0.29, 0.717) is 42.5 Å². The number of rotatable bonds is 6. The minimum Gasteiger partial charge on any atom is -0.306 e. The third-order valence-corrected chi connectivity index (χ3v) is 8.10. The number of amides is 1. The van der Waals surface area contributed by atoms with E-state index in [1.54, 1.807) is 47.4 Å². The Hall–Kier alpha value is -3.04. The van der Waals surface area contributed by atoms with Crippen LogP contribution in [0.5, 0.6) is 0 Å². The molecule has 33 heavy (non-hydrogen) atoms. The Morgan fingerprint density at radius 3 is 2.39 bits per heavy atom. The van der Waals surface area contributed by atoms with Gasteiger partial charge >= 0.3 is 0 Å². The van der Waals surface area contributed by atoms with Crippen LogP contribution in [0.1, 0.15) is 49.8 Å². The Morgan fingerprint density at radius 2 is 1.76 bits per heavy atom. The lowest BCUT2D eigenvalue weighted by atomic mass is 10.1. The van der Waals surface area contributed by atoms with Crippen LogP contribution in [0.25, 0.3) is 10.8 Å². The second-order valence-electron chi connectivity index (χ2n) is 8.32. The maximum atomic E-state index is 13.6. The summed E-state index contributed by atoms with van der Waals surface area (Å²) in [5, 5.41) is 5.39. The molecule has 1 amide bonds. The number of fused-ring (bicyclic) bond motifs is 2. The highest BCUT2D eigenvalue weighted by atomic mass is 32.2. The Labute approximate surface area is 193 Å². The van der Waals surface area contributed by atoms with E-state index in [9.17, 15) is 18.0 Å². The van der Waals surface area contributed by atoms with Gasteiger partial charge in [-0.1, -0.05) is 32.0 Å². The first kappa shape index (κ1) is 23.1. The highest BCUT2D eigenvalue weighted by Crippen LogP contribution is 2.32. The van der Waals surface area contributed by atoms with Crippen molar-refractivity contribution in [2.45, 2.75) is 45.1 Å². The molecular weight excluding hydrogens is 440 g/mol. The predicted octanol–water partition coefficient (Wildman–Crippen LogP) is 3.21. The normalized spacial score (nSPS) is 13.8. The lowest BCUT2D eigenvalue weighted by molar-refractivity contribution is 0.0984. The number of carbonyl (C=O) groups is 1. The molecule has 1 aliphatic heterocycles. The number of anilines is 1. The summed E-state index contributed by atoms with van der Waals surface area (Å²) in [5.74, 6) is -0.307. The second kappa shape index (κ2) is 8.72. The van der Waals surface area contributed by atoms with Gasteiger partial charge in [0.25, 0.3) is 11.5 Å². The molecule has 0 fully saturated rings. The van der Waals surface area contributed by atoms with Crippen molar-refractivity contribution in [1.29, 1.82) is 0 Å². The van der Waals surface area contributed by atoms with Gasteiger partial charge in [0.1, 0.15) is 0 Å². The van der Waals surface area contributed by atoms with Gasteiger partial charge in [-0.2, -0.15) is 9.40 Å². The zero-order valence-electron chi connectivity index (χ0n) is 19.3. The van der Waals surface area contributed by atoms with Crippen LogP contribution >= 0.6 is 0 Å². The minimum absolute atomic E-state index is 0.202. The summed E-state index contributed by atoms with van der Waals surface area (Å²) in [6, 6.07) is 11.7. The van der Waals surface area contributed by atoms with Gasteiger partial charge in [-0.25, -0.2) is 13.1 Å². The molecule has 0 unspecified atom stereocenters. The molecule has 3 aromatic rings. The number of hydrogen-bond donors (Lipinski definition) is 0. The van der Waals surface area contributed by atoms with Crippen molar-refractivity contribution in [2.24, 2.45) is 0 Å². The van der Waals surface area contributed by atoms with Crippen LogP contribution in [0.2, 0.25) is 0 Å². The SMILES string of the molecule is CCN(CC)S(=O)(=O)c1ccc2c(c1)CCN2C(=O)c1nn(C(C)C)c(=O)c2ccccc12. The average molecular weight is 469 g/mol. The van der Waals surface area contributed by atoms with E-state index >= 15 is 0 Å². The van der Waals surface area contributed by atoms with Crippen molar-refractivity contribution in [1.82, 2.24) is 14.1 Å². The van der Waals surface area contributed by atoms with Crippen LogP contribution in [-0.4, -0.2) is 48.0 Å². The largest absolute Gasteiger partial charge is 0.306 e. The van der Waals surface area contributed by atoms with Gasteiger partial charge in [0.15, 0.2) is 5.69 Å². The zero-order chi connectivity index (χ0) is 23.9. The summed E-state index contributed by atoms with van der Waals surface area (Å²) in [6.07, 6.45) is 0.546. The van der Waals surface area contributed by atoms with Gasteiger partial charge in [0.2, 0.25) is 10.0 Å². The first-order valence-electron chi connectivity index (χ1n) is 11.2. The summed E-state index contributed by atoms with van der Waals surface area (Å²) < 4.78 is 28.6. The Balaban J connectivity index is 1.77. The standard InChI is InChI=1S/C24H28N4O4S/c1-5-26(6-2)33(31,32)18-11-12-21-17(15-18)13-14-27(21)24(30)22-19-9-7-8-10-20(19)23(29)28(25-22)16(3)4/h7-12,15-16H,5-6,13-14H2,1-4H3. The third kappa shape index (κ3) is 3.85. The van der Waals surface area contributed by atoms with E-state index in [-0.39, 0.29) is 28.1 Å². The summed E-state index contributed by atoms with van der Waals surface area (Å²) in [5.41, 5.74) is 1.46. The molecule has 0 saturated carbocycles. The topological polar surface area (TPSA) is 92.6 Å². The summed E-state index contributed by atoms with van der Waals surface area (Å²) >= 11 is 0. The number of benzene rings is 2. The van der Waals surface area contributed by atoms with E-state index in [0.717, 1.165) is 5.56 Å².